The molecule has 0 radical (unpaired) electrons. The van der Waals surface area contributed by atoms with Gasteiger partial charge in [-0.2, -0.15) is 0 Å². The molecule has 4 heteroatoms. The first kappa shape index (κ1) is 15.5. The molecule has 0 spiro atoms. The van der Waals surface area contributed by atoms with Gasteiger partial charge in [-0.15, -0.1) is 0 Å². The van der Waals surface area contributed by atoms with E-state index >= 15 is 0 Å². The number of benzene rings is 2. The van der Waals surface area contributed by atoms with Crippen LogP contribution in [0.2, 0.25) is 0 Å². The van der Waals surface area contributed by atoms with Crippen LogP contribution in [0.5, 0.6) is 0 Å². The van der Waals surface area contributed by atoms with E-state index in [-0.39, 0.29) is 11.9 Å². The minimum atomic E-state index is -0.783. The molecule has 0 heterocycles. The summed E-state index contributed by atoms with van der Waals surface area (Å²) in [6, 6.07) is 13.4. The van der Waals surface area contributed by atoms with E-state index in [1.807, 2.05) is 30.3 Å². The topological polar surface area (TPSA) is 55.4 Å². The fourth-order valence-electron chi connectivity index (χ4n) is 2.99. The van der Waals surface area contributed by atoms with Gasteiger partial charge in [0.2, 0.25) is 0 Å². The Morgan fingerprint density at radius 1 is 1.09 bits per heavy atom. The van der Waals surface area contributed by atoms with Crippen molar-refractivity contribution in [2.45, 2.75) is 44.8 Å². The quantitative estimate of drug-likeness (QED) is 0.880. The summed E-state index contributed by atoms with van der Waals surface area (Å²) in [6.45, 7) is 1.61. The Labute approximate surface area is 135 Å². The fourth-order valence-corrected chi connectivity index (χ4v) is 2.99. The van der Waals surface area contributed by atoms with Crippen molar-refractivity contribution in [3.8, 4) is 0 Å². The van der Waals surface area contributed by atoms with Crippen LogP contribution in [0.25, 0.3) is 10.8 Å². The van der Waals surface area contributed by atoms with E-state index in [0.29, 0.717) is 5.56 Å². The largest absolute Gasteiger partial charge is 0.449 e. The predicted octanol–water partition coefficient (Wildman–Crippen LogP) is 3.44. The van der Waals surface area contributed by atoms with Crippen LogP contribution in [0.15, 0.2) is 42.5 Å². The highest BCUT2D eigenvalue weighted by Crippen LogP contribution is 2.19. The van der Waals surface area contributed by atoms with Crippen LogP contribution in [0, 0.1) is 0 Å². The van der Waals surface area contributed by atoms with Gasteiger partial charge in [-0.1, -0.05) is 43.2 Å². The fraction of sp³-hybridized carbons (Fsp3) is 0.368. The van der Waals surface area contributed by atoms with Crippen LogP contribution >= 0.6 is 0 Å². The van der Waals surface area contributed by atoms with Crippen molar-refractivity contribution in [1.82, 2.24) is 5.32 Å². The lowest BCUT2D eigenvalue weighted by molar-refractivity contribution is -0.129. The average molecular weight is 311 g/mol. The van der Waals surface area contributed by atoms with E-state index in [2.05, 4.69) is 5.32 Å². The Morgan fingerprint density at radius 3 is 2.52 bits per heavy atom. The number of hydrogen-bond donors (Lipinski definition) is 1. The zero-order valence-corrected chi connectivity index (χ0v) is 13.2. The molecule has 2 aromatic carbocycles. The molecule has 120 valence electrons. The van der Waals surface area contributed by atoms with Crippen LogP contribution in [0.3, 0.4) is 0 Å². The standard InChI is InChI=1S/C19H21NO3/c1-13(18(21)20-17-8-4-5-9-17)23-19(22)16-11-10-14-6-2-3-7-15(14)12-16/h2-3,6-7,10-13,17H,4-5,8-9H2,1H3,(H,20,21)/t13-/m0/s1. The maximum absolute atomic E-state index is 12.2. The van der Waals surface area contributed by atoms with E-state index < -0.39 is 12.1 Å². The molecule has 0 saturated heterocycles. The number of amides is 1. The number of esters is 1. The summed E-state index contributed by atoms with van der Waals surface area (Å²) in [7, 11) is 0. The molecule has 4 nitrogen and oxygen atoms in total. The van der Waals surface area contributed by atoms with Gasteiger partial charge in [-0.05, 0) is 42.7 Å². The number of hydrogen-bond acceptors (Lipinski definition) is 3. The monoisotopic (exact) mass is 311 g/mol. The Hall–Kier alpha value is -2.36. The van der Waals surface area contributed by atoms with E-state index in [1.165, 1.54) is 0 Å². The van der Waals surface area contributed by atoms with Crippen LogP contribution in [0.1, 0.15) is 43.0 Å². The van der Waals surface area contributed by atoms with E-state index in [9.17, 15) is 9.59 Å². The Bertz CT molecular complexity index is 719. The maximum Gasteiger partial charge on any atom is 0.338 e. The van der Waals surface area contributed by atoms with Crippen LogP contribution in [-0.2, 0) is 9.53 Å². The molecule has 1 amide bonds. The van der Waals surface area contributed by atoms with Gasteiger partial charge in [0.25, 0.3) is 5.91 Å². The molecular weight excluding hydrogens is 290 g/mol. The molecule has 1 aliphatic carbocycles. The molecule has 1 fully saturated rings. The van der Waals surface area contributed by atoms with Gasteiger partial charge in [0.1, 0.15) is 0 Å². The molecule has 1 atom stereocenters. The van der Waals surface area contributed by atoms with Crippen LogP contribution < -0.4 is 5.32 Å². The first-order valence-electron chi connectivity index (χ1n) is 8.13. The average Bonchev–Trinajstić information content (AvgIpc) is 3.07. The molecule has 2 aromatic rings. The number of carbonyl (C=O) groups excluding carboxylic acids is 2. The summed E-state index contributed by atoms with van der Waals surface area (Å²) < 4.78 is 5.31. The number of nitrogens with one attached hydrogen (secondary N) is 1. The summed E-state index contributed by atoms with van der Waals surface area (Å²) in [4.78, 5) is 24.3. The van der Waals surface area contributed by atoms with Gasteiger partial charge in [0, 0.05) is 6.04 Å². The van der Waals surface area contributed by atoms with Gasteiger partial charge in [-0.3, -0.25) is 4.79 Å². The lowest BCUT2D eigenvalue weighted by atomic mass is 10.1. The highest BCUT2D eigenvalue weighted by Gasteiger charge is 2.23. The lowest BCUT2D eigenvalue weighted by Crippen LogP contribution is -2.40. The SMILES string of the molecule is C[C@H](OC(=O)c1ccc2ccccc2c1)C(=O)NC1CCCC1. The molecule has 1 N–H and O–H groups in total. The van der Waals surface area contributed by atoms with Crippen LogP contribution in [-0.4, -0.2) is 24.0 Å². The highest BCUT2D eigenvalue weighted by molar-refractivity contribution is 5.96. The molecule has 0 bridgehead atoms. The highest BCUT2D eigenvalue weighted by atomic mass is 16.5. The molecule has 0 aromatic heterocycles. The van der Waals surface area contributed by atoms with E-state index in [1.54, 1.807) is 19.1 Å². The third kappa shape index (κ3) is 3.70. The Kier molecular flexibility index (Phi) is 4.60. The van der Waals surface area contributed by atoms with Crippen molar-refractivity contribution >= 4 is 22.6 Å². The molecule has 1 saturated carbocycles. The normalized spacial score (nSPS) is 16.2. The number of fused-ring (bicyclic) bond motifs is 1. The van der Waals surface area contributed by atoms with Crippen molar-refractivity contribution in [2.24, 2.45) is 0 Å². The van der Waals surface area contributed by atoms with Crippen LogP contribution in [0.4, 0.5) is 0 Å². The van der Waals surface area contributed by atoms with Crippen molar-refractivity contribution < 1.29 is 14.3 Å². The molecule has 23 heavy (non-hydrogen) atoms. The van der Waals surface area contributed by atoms with Crippen molar-refractivity contribution in [3.63, 3.8) is 0 Å². The molecule has 0 aliphatic heterocycles. The third-order valence-electron chi connectivity index (χ3n) is 4.34. The summed E-state index contributed by atoms with van der Waals surface area (Å²) in [6.07, 6.45) is 3.54. The third-order valence-corrected chi connectivity index (χ3v) is 4.34. The summed E-state index contributed by atoms with van der Waals surface area (Å²) in [5.41, 5.74) is 0.462. The lowest BCUT2D eigenvalue weighted by Gasteiger charge is -2.17. The van der Waals surface area contributed by atoms with Crippen molar-refractivity contribution in [2.75, 3.05) is 0 Å². The Morgan fingerprint density at radius 2 is 1.78 bits per heavy atom. The summed E-state index contributed by atoms with van der Waals surface area (Å²) >= 11 is 0. The van der Waals surface area contributed by atoms with Gasteiger partial charge >= 0.3 is 5.97 Å². The predicted molar refractivity (Wildman–Crippen MR) is 89.2 cm³/mol. The van der Waals surface area contributed by atoms with Crippen molar-refractivity contribution in [3.05, 3.63) is 48.0 Å². The first-order valence-corrected chi connectivity index (χ1v) is 8.13. The second-order valence-corrected chi connectivity index (χ2v) is 6.10. The maximum atomic E-state index is 12.2. The molecule has 3 rings (SSSR count). The van der Waals surface area contributed by atoms with Gasteiger partial charge in [0.15, 0.2) is 6.10 Å². The first-order chi connectivity index (χ1) is 11.1. The number of ether oxygens (including phenoxy) is 1. The molecule has 1 aliphatic rings. The zero-order chi connectivity index (χ0) is 16.2. The van der Waals surface area contributed by atoms with E-state index in [0.717, 1.165) is 36.5 Å². The van der Waals surface area contributed by atoms with Gasteiger partial charge in [-0.25, -0.2) is 4.79 Å². The Balaban J connectivity index is 1.63. The van der Waals surface area contributed by atoms with E-state index in [4.69, 9.17) is 4.74 Å². The summed E-state index contributed by atoms with van der Waals surface area (Å²) in [5.74, 6) is -0.684. The minimum Gasteiger partial charge on any atom is -0.449 e. The van der Waals surface area contributed by atoms with Gasteiger partial charge < -0.3 is 10.1 Å². The molecule has 0 unspecified atom stereocenters. The number of carbonyl (C=O) groups is 2. The summed E-state index contributed by atoms with van der Waals surface area (Å²) in [5, 5.41) is 4.99. The molecular formula is C19H21NO3. The second-order valence-electron chi connectivity index (χ2n) is 6.10. The number of rotatable bonds is 4. The second kappa shape index (κ2) is 6.82. The smallest absolute Gasteiger partial charge is 0.338 e. The van der Waals surface area contributed by atoms with Gasteiger partial charge in [0.05, 0.1) is 5.56 Å². The van der Waals surface area contributed by atoms with Crippen molar-refractivity contribution in [1.29, 1.82) is 0 Å². The zero-order valence-electron chi connectivity index (χ0n) is 13.2. The minimum absolute atomic E-state index is 0.217.